The van der Waals surface area contributed by atoms with Crippen LogP contribution in [-0.2, 0) is 10.8 Å². The van der Waals surface area contributed by atoms with Crippen molar-refractivity contribution in [1.29, 1.82) is 0 Å². The third-order valence-corrected chi connectivity index (χ3v) is 5.36. The zero-order valence-corrected chi connectivity index (χ0v) is 14.4. The number of anilines is 1. The van der Waals surface area contributed by atoms with Crippen molar-refractivity contribution in [1.82, 2.24) is 9.97 Å². The molecular formula is C19H17N3O2S. The molecule has 1 amide bonds. The molecule has 0 radical (unpaired) electrons. The Bertz CT molecular complexity index is 885. The Morgan fingerprint density at radius 2 is 1.72 bits per heavy atom. The van der Waals surface area contributed by atoms with E-state index in [1.54, 1.807) is 42.9 Å². The largest absolute Gasteiger partial charge is 0.322 e. The van der Waals surface area contributed by atoms with E-state index < -0.39 is 10.8 Å². The number of carbonyl (C=O) groups is 1. The second-order valence-corrected chi connectivity index (χ2v) is 7.09. The molecule has 0 saturated carbocycles. The van der Waals surface area contributed by atoms with E-state index in [-0.39, 0.29) is 16.2 Å². The minimum atomic E-state index is -1.45. The predicted molar refractivity (Wildman–Crippen MR) is 97.7 cm³/mol. The molecule has 1 N–H and O–H groups in total. The molecule has 0 saturated heterocycles. The molecule has 0 aliphatic heterocycles. The zero-order valence-electron chi connectivity index (χ0n) is 13.6. The van der Waals surface area contributed by atoms with Gasteiger partial charge in [0.15, 0.2) is 0 Å². The molecule has 0 aliphatic rings. The third kappa shape index (κ3) is 3.97. The number of nitrogens with zero attached hydrogens (tertiary/aromatic N) is 2. The molecule has 0 spiro atoms. The quantitative estimate of drug-likeness (QED) is 0.762. The molecule has 126 valence electrons. The molecule has 0 bridgehead atoms. The molecule has 6 heteroatoms. The average molecular weight is 351 g/mol. The van der Waals surface area contributed by atoms with E-state index in [2.05, 4.69) is 15.3 Å². The van der Waals surface area contributed by atoms with Gasteiger partial charge in [0.25, 0.3) is 5.91 Å². The molecule has 2 unspecified atom stereocenters. The molecule has 2 heterocycles. The fourth-order valence-corrected chi connectivity index (χ4v) is 3.65. The molecule has 2 aromatic heterocycles. The topological polar surface area (TPSA) is 72.0 Å². The molecule has 2 atom stereocenters. The molecule has 0 fully saturated rings. The van der Waals surface area contributed by atoms with Gasteiger partial charge < -0.3 is 5.32 Å². The normalized spacial score (nSPS) is 13.0. The summed E-state index contributed by atoms with van der Waals surface area (Å²) in [5, 5.41) is 2.79. The van der Waals surface area contributed by atoms with Crippen LogP contribution in [0.15, 0.2) is 78.2 Å². The van der Waals surface area contributed by atoms with E-state index in [9.17, 15) is 9.00 Å². The van der Waals surface area contributed by atoms with Crippen LogP contribution in [-0.4, -0.2) is 20.1 Å². The van der Waals surface area contributed by atoms with Gasteiger partial charge in [-0.05, 0) is 36.8 Å². The van der Waals surface area contributed by atoms with Crippen LogP contribution in [0.1, 0.15) is 28.1 Å². The summed E-state index contributed by atoms with van der Waals surface area (Å²) in [6.07, 6.45) is 4.74. The van der Waals surface area contributed by atoms with Crippen molar-refractivity contribution in [3.8, 4) is 0 Å². The van der Waals surface area contributed by atoms with E-state index in [0.29, 0.717) is 11.3 Å². The number of benzene rings is 1. The smallest absolute Gasteiger partial charge is 0.258 e. The Morgan fingerprint density at radius 1 is 1.00 bits per heavy atom. The number of hydrogen-bond donors (Lipinski definition) is 1. The number of amides is 1. The number of hydrogen-bond acceptors (Lipinski definition) is 4. The Balaban J connectivity index is 1.88. The fraction of sp³-hybridized carbons (Fsp3) is 0.105. The van der Waals surface area contributed by atoms with Gasteiger partial charge in [0.1, 0.15) is 5.03 Å². The number of rotatable bonds is 5. The number of pyridine rings is 2. The van der Waals surface area contributed by atoms with Gasteiger partial charge in [0.05, 0.1) is 21.6 Å². The van der Waals surface area contributed by atoms with Gasteiger partial charge in [-0.2, -0.15) is 0 Å². The second-order valence-electron chi connectivity index (χ2n) is 5.40. The molecule has 0 aliphatic carbocycles. The standard InChI is InChI=1S/C19H17N3O2S/c1-14(15-6-3-2-4-7-15)25(24)19-17(8-5-11-21-19)18(23)22-16-9-12-20-13-10-16/h2-14H,1H3,(H,20,22,23). The van der Waals surface area contributed by atoms with Crippen LogP contribution in [0.5, 0.6) is 0 Å². The lowest BCUT2D eigenvalue weighted by molar-refractivity contribution is 0.102. The maximum absolute atomic E-state index is 13.0. The van der Waals surface area contributed by atoms with Crippen LogP contribution >= 0.6 is 0 Å². The van der Waals surface area contributed by atoms with Gasteiger partial charge in [0.2, 0.25) is 0 Å². The monoisotopic (exact) mass is 351 g/mol. The maximum Gasteiger partial charge on any atom is 0.258 e. The van der Waals surface area contributed by atoms with Crippen molar-refractivity contribution in [2.75, 3.05) is 5.32 Å². The maximum atomic E-state index is 13.0. The highest BCUT2D eigenvalue weighted by Crippen LogP contribution is 2.25. The summed E-state index contributed by atoms with van der Waals surface area (Å²) in [7, 11) is -1.45. The Morgan fingerprint density at radius 3 is 2.44 bits per heavy atom. The van der Waals surface area contributed by atoms with E-state index in [1.807, 2.05) is 37.3 Å². The highest BCUT2D eigenvalue weighted by atomic mass is 32.2. The lowest BCUT2D eigenvalue weighted by Gasteiger charge is -2.14. The van der Waals surface area contributed by atoms with Crippen LogP contribution in [0.2, 0.25) is 0 Å². The number of aromatic nitrogens is 2. The summed E-state index contributed by atoms with van der Waals surface area (Å²) in [6.45, 7) is 1.87. The van der Waals surface area contributed by atoms with Crippen LogP contribution in [0.3, 0.4) is 0 Å². The first-order valence-corrected chi connectivity index (χ1v) is 9.00. The highest BCUT2D eigenvalue weighted by Gasteiger charge is 2.22. The summed E-state index contributed by atoms with van der Waals surface area (Å²) in [5.74, 6) is -0.345. The van der Waals surface area contributed by atoms with E-state index in [4.69, 9.17) is 0 Å². The van der Waals surface area contributed by atoms with Gasteiger partial charge in [-0.25, -0.2) is 4.98 Å². The Hall–Kier alpha value is -2.86. The van der Waals surface area contributed by atoms with Crippen LogP contribution < -0.4 is 5.32 Å². The second kappa shape index (κ2) is 7.81. The summed E-state index contributed by atoms with van der Waals surface area (Å²) in [5.41, 5.74) is 1.86. The Kier molecular flexibility index (Phi) is 5.30. The van der Waals surface area contributed by atoms with Crippen LogP contribution in [0.4, 0.5) is 5.69 Å². The van der Waals surface area contributed by atoms with Crippen LogP contribution in [0.25, 0.3) is 0 Å². The number of nitrogens with one attached hydrogen (secondary N) is 1. The zero-order chi connectivity index (χ0) is 17.6. The predicted octanol–water partition coefficient (Wildman–Crippen LogP) is 3.60. The first-order chi connectivity index (χ1) is 12.2. The lowest BCUT2D eigenvalue weighted by atomic mass is 10.2. The van der Waals surface area contributed by atoms with Crippen molar-refractivity contribution in [3.63, 3.8) is 0 Å². The van der Waals surface area contributed by atoms with E-state index in [0.717, 1.165) is 5.56 Å². The highest BCUT2D eigenvalue weighted by molar-refractivity contribution is 7.85. The average Bonchev–Trinajstić information content (AvgIpc) is 2.68. The van der Waals surface area contributed by atoms with E-state index in [1.165, 1.54) is 0 Å². The summed E-state index contributed by atoms with van der Waals surface area (Å²) in [4.78, 5) is 20.7. The van der Waals surface area contributed by atoms with Crippen molar-refractivity contribution in [2.45, 2.75) is 17.2 Å². The summed E-state index contributed by atoms with van der Waals surface area (Å²) in [6, 6.07) is 16.2. The molecule has 5 nitrogen and oxygen atoms in total. The van der Waals surface area contributed by atoms with Gasteiger partial charge >= 0.3 is 0 Å². The molecule has 3 rings (SSSR count). The molecule has 1 aromatic carbocycles. The molecular weight excluding hydrogens is 334 g/mol. The van der Waals surface area contributed by atoms with Crippen molar-refractivity contribution >= 4 is 22.4 Å². The lowest BCUT2D eigenvalue weighted by Crippen LogP contribution is -2.17. The minimum absolute atomic E-state index is 0.274. The molecule has 3 aromatic rings. The minimum Gasteiger partial charge on any atom is -0.322 e. The van der Waals surface area contributed by atoms with Crippen LogP contribution in [0, 0.1) is 0 Å². The first kappa shape index (κ1) is 17.0. The van der Waals surface area contributed by atoms with Gasteiger partial charge in [-0.3, -0.25) is 14.0 Å². The van der Waals surface area contributed by atoms with Gasteiger partial charge in [-0.1, -0.05) is 30.3 Å². The fourth-order valence-electron chi connectivity index (χ4n) is 2.37. The van der Waals surface area contributed by atoms with Crippen molar-refractivity contribution < 1.29 is 9.00 Å². The third-order valence-electron chi connectivity index (χ3n) is 3.73. The molecule has 25 heavy (non-hydrogen) atoms. The van der Waals surface area contributed by atoms with Crippen molar-refractivity contribution in [2.24, 2.45) is 0 Å². The Labute approximate surface area is 148 Å². The van der Waals surface area contributed by atoms with Gasteiger partial charge in [-0.15, -0.1) is 0 Å². The van der Waals surface area contributed by atoms with E-state index >= 15 is 0 Å². The first-order valence-electron chi connectivity index (χ1n) is 7.78. The summed E-state index contributed by atoms with van der Waals surface area (Å²) >= 11 is 0. The number of carbonyl (C=O) groups excluding carboxylic acids is 1. The summed E-state index contributed by atoms with van der Waals surface area (Å²) < 4.78 is 13.0. The SMILES string of the molecule is CC(c1ccccc1)S(=O)c1ncccc1C(=O)Nc1ccncc1. The van der Waals surface area contributed by atoms with Gasteiger partial charge in [0, 0.05) is 24.3 Å². The van der Waals surface area contributed by atoms with Crippen molar-refractivity contribution in [3.05, 3.63) is 84.3 Å².